The third-order valence-electron chi connectivity index (χ3n) is 2.25. The first-order valence-corrected chi connectivity index (χ1v) is 5.05. The molecule has 86 valence electrons. The number of carbonyl (C=O) groups excluding carboxylic acids is 3. The van der Waals surface area contributed by atoms with Gasteiger partial charge in [-0.15, -0.1) is 0 Å². The highest BCUT2D eigenvalue weighted by Gasteiger charge is 2.26. The Hall–Kier alpha value is -1.19. The lowest BCUT2D eigenvalue weighted by molar-refractivity contribution is -0.146. The Kier molecular flexibility index (Phi) is 5.19. The van der Waals surface area contributed by atoms with E-state index in [1.807, 2.05) is 13.8 Å². The van der Waals surface area contributed by atoms with Crippen molar-refractivity contribution in [1.82, 2.24) is 4.90 Å². The van der Waals surface area contributed by atoms with Crippen LogP contribution < -0.4 is 0 Å². The Morgan fingerprint density at radius 2 is 1.60 bits per heavy atom. The fourth-order valence-electron chi connectivity index (χ4n) is 1.43. The van der Waals surface area contributed by atoms with Gasteiger partial charge in [0, 0.05) is 14.0 Å². The number of ketones is 2. The molecule has 0 saturated carbocycles. The molecule has 0 saturated heterocycles. The molecule has 0 aromatic carbocycles. The largest absolute Gasteiger partial charge is 0.329 e. The Bertz CT molecular complexity index is 271. The Balaban J connectivity index is 4.70. The van der Waals surface area contributed by atoms with E-state index in [-0.39, 0.29) is 5.78 Å². The van der Waals surface area contributed by atoms with Gasteiger partial charge in [0.05, 0.1) is 6.04 Å². The summed E-state index contributed by atoms with van der Waals surface area (Å²) >= 11 is 0. The summed E-state index contributed by atoms with van der Waals surface area (Å²) in [5, 5.41) is 0. The van der Waals surface area contributed by atoms with Crippen LogP contribution in [0.25, 0.3) is 0 Å². The third kappa shape index (κ3) is 4.23. The first-order chi connectivity index (χ1) is 6.77. The van der Waals surface area contributed by atoms with Crippen LogP contribution in [0.5, 0.6) is 0 Å². The maximum Gasteiger partial charge on any atom is 0.289 e. The zero-order chi connectivity index (χ0) is 12.2. The monoisotopic (exact) mass is 213 g/mol. The first-order valence-electron chi connectivity index (χ1n) is 5.05. The Morgan fingerprint density at radius 1 is 1.13 bits per heavy atom. The van der Waals surface area contributed by atoms with Gasteiger partial charge < -0.3 is 4.90 Å². The summed E-state index contributed by atoms with van der Waals surface area (Å²) in [6, 6.07) is -0.485. The minimum absolute atomic E-state index is 0.0826. The van der Waals surface area contributed by atoms with Crippen molar-refractivity contribution >= 4 is 17.5 Å². The van der Waals surface area contributed by atoms with Gasteiger partial charge >= 0.3 is 0 Å². The second kappa shape index (κ2) is 5.63. The molecule has 15 heavy (non-hydrogen) atoms. The van der Waals surface area contributed by atoms with E-state index < -0.39 is 17.7 Å². The van der Waals surface area contributed by atoms with Crippen LogP contribution in [0.1, 0.15) is 34.1 Å². The first kappa shape index (κ1) is 13.8. The molecule has 0 aliphatic carbocycles. The molecule has 0 heterocycles. The SMILES string of the molecule is CC(=O)C(=O)N(C)[C@H](CC(C)C)C(C)=O. The lowest BCUT2D eigenvalue weighted by Gasteiger charge is -2.26. The van der Waals surface area contributed by atoms with Crippen molar-refractivity contribution in [2.75, 3.05) is 7.05 Å². The van der Waals surface area contributed by atoms with Crippen LogP contribution in [0.3, 0.4) is 0 Å². The summed E-state index contributed by atoms with van der Waals surface area (Å²) in [5.41, 5.74) is 0. The van der Waals surface area contributed by atoms with Gasteiger partial charge in [0.1, 0.15) is 0 Å². The van der Waals surface area contributed by atoms with Crippen LogP contribution in [0, 0.1) is 5.92 Å². The standard InChI is InChI=1S/C11H19NO3/c1-7(2)6-10(8(3)13)12(5)11(15)9(4)14/h7,10H,6H2,1-5H3/t10-/m1/s1. The maximum absolute atomic E-state index is 11.4. The molecular formula is C11H19NO3. The van der Waals surface area contributed by atoms with E-state index in [1.165, 1.54) is 25.8 Å². The topological polar surface area (TPSA) is 54.5 Å². The van der Waals surface area contributed by atoms with E-state index in [0.29, 0.717) is 12.3 Å². The molecule has 0 fully saturated rings. The van der Waals surface area contributed by atoms with Gasteiger partial charge in [0.15, 0.2) is 5.78 Å². The number of rotatable bonds is 5. The van der Waals surface area contributed by atoms with E-state index in [9.17, 15) is 14.4 Å². The van der Waals surface area contributed by atoms with E-state index in [2.05, 4.69) is 0 Å². The predicted octanol–water partition coefficient (Wildman–Crippen LogP) is 1.04. The van der Waals surface area contributed by atoms with Crippen molar-refractivity contribution < 1.29 is 14.4 Å². The van der Waals surface area contributed by atoms with Crippen LogP contribution in [0.15, 0.2) is 0 Å². The Morgan fingerprint density at radius 3 is 1.87 bits per heavy atom. The number of nitrogens with zero attached hydrogens (tertiary/aromatic N) is 1. The molecule has 0 N–H and O–H groups in total. The quantitative estimate of drug-likeness (QED) is 0.641. The van der Waals surface area contributed by atoms with E-state index >= 15 is 0 Å². The average Bonchev–Trinajstić information content (AvgIpc) is 2.10. The van der Waals surface area contributed by atoms with E-state index in [0.717, 1.165) is 0 Å². The summed E-state index contributed by atoms with van der Waals surface area (Å²) in [4.78, 5) is 34.9. The van der Waals surface area contributed by atoms with Crippen LogP contribution in [-0.4, -0.2) is 35.5 Å². The molecule has 0 aliphatic heterocycles. The molecule has 0 radical (unpaired) electrons. The normalized spacial score (nSPS) is 12.4. The average molecular weight is 213 g/mol. The number of hydrogen-bond donors (Lipinski definition) is 0. The van der Waals surface area contributed by atoms with Gasteiger partial charge in [-0.1, -0.05) is 13.8 Å². The van der Waals surface area contributed by atoms with Crippen LogP contribution >= 0.6 is 0 Å². The van der Waals surface area contributed by atoms with Crippen molar-refractivity contribution in [2.45, 2.75) is 40.2 Å². The van der Waals surface area contributed by atoms with Crippen molar-refractivity contribution in [1.29, 1.82) is 0 Å². The molecule has 0 aliphatic rings. The molecule has 1 atom stereocenters. The van der Waals surface area contributed by atoms with Crippen molar-refractivity contribution in [3.05, 3.63) is 0 Å². The smallest absolute Gasteiger partial charge is 0.289 e. The molecular weight excluding hydrogens is 194 g/mol. The molecule has 0 unspecified atom stereocenters. The van der Waals surface area contributed by atoms with Gasteiger partial charge in [-0.3, -0.25) is 14.4 Å². The summed E-state index contributed by atoms with van der Waals surface area (Å²) in [7, 11) is 1.50. The Labute approximate surface area is 90.6 Å². The van der Waals surface area contributed by atoms with Crippen molar-refractivity contribution in [3.63, 3.8) is 0 Å². The minimum Gasteiger partial charge on any atom is -0.329 e. The number of amides is 1. The highest BCUT2D eigenvalue weighted by atomic mass is 16.2. The minimum atomic E-state index is -0.601. The predicted molar refractivity (Wildman–Crippen MR) is 57.4 cm³/mol. The fourth-order valence-corrected chi connectivity index (χ4v) is 1.43. The van der Waals surface area contributed by atoms with Gasteiger partial charge in [0.25, 0.3) is 5.91 Å². The molecule has 4 nitrogen and oxygen atoms in total. The molecule has 0 rings (SSSR count). The number of hydrogen-bond acceptors (Lipinski definition) is 3. The third-order valence-corrected chi connectivity index (χ3v) is 2.25. The van der Waals surface area contributed by atoms with E-state index in [4.69, 9.17) is 0 Å². The number of carbonyl (C=O) groups is 3. The molecule has 1 amide bonds. The highest BCUT2D eigenvalue weighted by Crippen LogP contribution is 2.11. The molecule has 0 bridgehead atoms. The maximum atomic E-state index is 11.4. The number of likely N-dealkylation sites (N-methyl/N-ethyl adjacent to an activating group) is 1. The van der Waals surface area contributed by atoms with Gasteiger partial charge in [-0.2, -0.15) is 0 Å². The van der Waals surface area contributed by atoms with Crippen LogP contribution in [0.2, 0.25) is 0 Å². The van der Waals surface area contributed by atoms with Gasteiger partial charge in [0.2, 0.25) is 5.78 Å². The van der Waals surface area contributed by atoms with Crippen molar-refractivity contribution in [3.8, 4) is 0 Å². The molecule has 0 aromatic rings. The molecule has 4 heteroatoms. The van der Waals surface area contributed by atoms with Crippen LogP contribution in [-0.2, 0) is 14.4 Å². The van der Waals surface area contributed by atoms with Gasteiger partial charge in [-0.05, 0) is 19.3 Å². The summed E-state index contributed by atoms with van der Waals surface area (Å²) in [6.45, 7) is 6.60. The zero-order valence-corrected chi connectivity index (χ0v) is 10.0. The summed E-state index contributed by atoms with van der Waals surface area (Å²) < 4.78 is 0. The second-order valence-electron chi connectivity index (χ2n) is 4.23. The second-order valence-corrected chi connectivity index (χ2v) is 4.23. The summed E-state index contributed by atoms with van der Waals surface area (Å²) in [6.07, 6.45) is 0.588. The zero-order valence-electron chi connectivity index (χ0n) is 10.0. The number of Topliss-reactive ketones (excluding diaryl/α,β-unsaturated/α-hetero) is 2. The fraction of sp³-hybridized carbons (Fsp3) is 0.727. The van der Waals surface area contributed by atoms with E-state index in [1.54, 1.807) is 0 Å². The lowest BCUT2D eigenvalue weighted by Crippen LogP contribution is -2.44. The lowest BCUT2D eigenvalue weighted by atomic mass is 9.99. The van der Waals surface area contributed by atoms with Crippen molar-refractivity contribution in [2.24, 2.45) is 5.92 Å². The van der Waals surface area contributed by atoms with Crippen LogP contribution in [0.4, 0.5) is 0 Å². The highest BCUT2D eigenvalue weighted by molar-refractivity contribution is 6.35. The molecule has 0 spiro atoms. The summed E-state index contributed by atoms with van der Waals surface area (Å²) in [5.74, 6) is -0.912. The van der Waals surface area contributed by atoms with Gasteiger partial charge in [-0.25, -0.2) is 0 Å². The molecule has 0 aromatic heterocycles.